The van der Waals surface area contributed by atoms with Gasteiger partial charge in [-0.3, -0.25) is 0 Å². The van der Waals surface area contributed by atoms with Crippen LogP contribution in [0.1, 0.15) is 37.4 Å². The summed E-state index contributed by atoms with van der Waals surface area (Å²) in [6.45, 7) is 4.18. The fraction of sp³-hybridized carbons (Fsp3) is 0.316. The SMILES string of the molecule is CCc1ccc(NC(=S)NC(CC)c2ccc(S(C)(=O)=O)cc2)cc1. The minimum atomic E-state index is -3.18. The second-order valence-corrected chi connectivity index (χ2v) is 8.37. The quantitative estimate of drug-likeness (QED) is 0.744. The van der Waals surface area contributed by atoms with Gasteiger partial charge in [0.1, 0.15) is 0 Å². The van der Waals surface area contributed by atoms with Gasteiger partial charge in [0.25, 0.3) is 0 Å². The number of hydrogen-bond donors (Lipinski definition) is 2. The third-order valence-electron chi connectivity index (χ3n) is 4.04. The summed E-state index contributed by atoms with van der Waals surface area (Å²) in [5.74, 6) is 0. The molecule has 2 rings (SSSR count). The van der Waals surface area contributed by atoms with Crippen molar-refractivity contribution in [1.29, 1.82) is 0 Å². The van der Waals surface area contributed by atoms with Crippen LogP contribution in [0.4, 0.5) is 5.69 Å². The van der Waals surface area contributed by atoms with Gasteiger partial charge < -0.3 is 10.6 Å². The van der Waals surface area contributed by atoms with Crippen LogP contribution in [0.3, 0.4) is 0 Å². The average Bonchev–Trinajstić information content (AvgIpc) is 2.59. The van der Waals surface area contributed by atoms with Gasteiger partial charge in [0, 0.05) is 11.9 Å². The second kappa shape index (κ2) is 8.45. The Balaban J connectivity index is 2.03. The molecule has 0 aliphatic heterocycles. The largest absolute Gasteiger partial charge is 0.356 e. The Morgan fingerprint density at radius 2 is 1.64 bits per heavy atom. The normalized spacial score (nSPS) is 12.4. The molecule has 2 aromatic carbocycles. The molecule has 1 unspecified atom stereocenters. The van der Waals surface area contributed by atoms with E-state index in [9.17, 15) is 8.42 Å². The van der Waals surface area contributed by atoms with Gasteiger partial charge in [-0.25, -0.2) is 8.42 Å². The average molecular weight is 377 g/mol. The zero-order valence-electron chi connectivity index (χ0n) is 14.7. The Hall–Kier alpha value is -1.92. The van der Waals surface area contributed by atoms with Gasteiger partial charge >= 0.3 is 0 Å². The number of hydrogen-bond acceptors (Lipinski definition) is 3. The maximum Gasteiger partial charge on any atom is 0.175 e. The Morgan fingerprint density at radius 3 is 2.12 bits per heavy atom. The van der Waals surface area contributed by atoms with Crippen LogP contribution in [0.15, 0.2) is 53.4 Å². The summed E-state index contributed by atoms with van der Waals surface area (Å²) in [5.41, 5.74) is 3.22. The molecule has 0 fully saturated rings. The number of rotatable bonds is 6. The smallest absolute Gasteiger partial charge is 0.175 e. The van der Waals surface area contributed by atoms with E-state index in [1.807, 2.05) is 24.3 Å². The number of anilines is 1. The predicted octanol–water partition coefficient (Wildman–Crippen LogP) is 4.09. The molecule has 2 aromatic rings. The first kappa shape index (κ1) is 19.4. The summed E-state index contributed by atoms with van der Waals surface area (Å²) in [6.07, 6.45) is 3.04. The first-order valence-corrected chi connectivity index (χ1v) is 10.6. The zero-order chi connectivity index (χ0) is 18.4. The third kappa shape index (κ3) is 5.54. The van der Waals surface area contributed by atoms with Crippen molar-refractivity contribution in [3.63, 3.8) is 0 Å². The van der Waals surface area contributed by atoms with E-state index in [0.29, 0.717) is 10.0 Å². The van der Waals surface area contributed by atoms with E-state index in [4.69, 9.17) is 12.2 Å². The Kier molecular flexibility index (Phi) is 6.56. The van der Waals surface area contributed by atoms with Gasteiger partial charge in [0.2, 0.25) is 0 Å². The Bertz CT molecular complexity index is 814. The van der Waals surface area contributed by atoms with Gasteiger partial charge in [-0.05, 0) is 60.5 Å². The minimum Gasteiger partial charge on any atom is -0.356 e. The molecule has 0 aliphatic rings. The molecule has 0 aliphatic carbocycles. The van der Waals surface area contributed by atoms with Gasteiger partial charge in [0.05, 0.1) is 10.9 Å². The highest BCUT2D eigenvalue weighted by Crippen LogP contribution is 2.19. The summed E-state index contributed by atoms with van der Waals surface area (Å²) in [5, 5.41) is 7.02. The third-order valence-corrected chi connectivity index (χ3v) is 5.39. The predicted molar refractivity (Wildman–Crippen MR) is 108 cm³/mol. The molecule has 0 radical (unpaired) electrons. The van der Waals surface area contributed by atoms with E-state index < -0.39 is 9.84 Å². The molecule has 0 saturated heterocycles. The van der Waals surface area contributed by atoms with Crippen LogP contribution in [0, 0.1) is 0 Å². The molecule has 0 amide bonds. The number of thiocarbonyl (C=S) groups is 1. The zero-order valence-corrected chi connectivity index (χ0v) is 16.4. The van der Waals surface area contributed by atoms with Gasteiger partial charge in [0.15, 0.2) is 14.9 Å². The van der Waals surface area contributed by atoms with Crippen LogP contribution < -0.4 is 10.6 Å². The van der Waals surface area contributed by atoms with Gasteiger partial charge in [-0.15, -0.1) is 0 Å². The first-order chi connectivity index (χ1) is 11.8. The van der Waals surface area contributed by atoms with Crippen LogP contribution in [0.25, 0.3) is 0 Å². The first-order valence-electron chi connectivity index (χ1n) is 8.30. The summed E-state index contributed by atoms with van der Waals surface area (Å²) >= 11 is 5.41. The lowest BCUT2D eigenvalue weighted by molar-refractivity contribution is 0.601. The van der Waals surface area contributed by atoms with Crippen molar-refractivity contribution in [3.05, 3.63) is 59.7 Å². The summed E-state index contributed by atoms with van der Waals surface area (Å²) in [6, 6.07) is 15.1. The van der Waals surface area contributed by atoms with Gasteiger partial charge in [-0.2, -0.15) is 0 Å². The highest BCUT2D eigenvalue weighted by molar-refractivity contribution is 7.90. The molecule has 0 aromatic heterocycles. The van der Waals surface area contributed by atoms with E-state index in [-0.39, 0.29) is 6.04 Å². The van der Waals surface area contributed by atoms with Crippen molar-refractivity contribution in [2.45, 2.75) is 37.6 Å². The second-order valence-electron chi connectivity index (χ2n) is 5.95. The van der Waals surface area contributed by atoms with Crippen molar-refractivity contribution < 1.29 is 8.42 Å². The van der Waals surface area contributed by atoms with Crippen molar-refractivity contribution in [3.8, 4) is 0 Å². The molecule has 0 bridgehead atoms. The van der Waals surface area contributed by atoms with Crippen LogP contribution in [-0.4, -0.2) is 19.8 Å². The van der Waals surface area contributed by atoms with Crippen LogP contribution in [-0.2, 0) is 16.3 Å². The van der Waals surface area contributed by atoms with Crippen LogP contribution in [0.2, 0.25) is 0 Å². The Morgan fingerprint density at radius 1 is 1.04 bits per heavy atom. The lowest BCUT2D eigenvalue weighted by atomic mass is 10.1. The van der Waals surface area contributed by atoms with Crippen molar-refractivity contribution >= 4 is 32.9 Å². The van der Waals surface area contributed by atoms with Crippen LogP contribution >= 0.6 is 12.2 Å². The Labute approximate surface area is 155 Å². The van der Waals surface area contributed by atoms with Crippen molar-refractivity contribution in [1.82, 2.24) is 5.32 Å². The molecule has 0 spiro atoms. The van der Waals surface area contributed by atoms with E-state index in [1.54, 1.807) is 12.1 Å². The number of sulfone groups is 1. The fourth-order valence-corrected chi connectivity index (χ4v) is 3.41. The standard InChI is InChI=1S/C19H24N2O2S2/c1-4-14-6-10-16(11-7-14)20-19(24)21-18(5-2)15-8-12-17(13-9-15)25(3,22)23/h6-13,18H,4-5H2,1-3H3,(H2,20,21,24). The van der Waals surface area contributed by atoms with Crippen molar-refractivity contribution in [2.75, 3.05) is 11.6 Å². The topological polar surface area (TPSA) is 58.2 Å². The molecule has 4 nitrogen and oxygen atoms in total. The number of nitrogens with one attached hydrogen (secondary N) is 2. The molecule has 134 valence electrons. The molecule has 0 saturated carbocycles. The van der Waals surface area contributed by atoms with E-state index in [0.717, 1.165) is 24.1 Å². The highest BCUT2D eigenvalue weighted by Gasteiger charge is 2.13. The highest BCUT2D eigenvalue weighted by atomic mass is 32.2. The molecule has 6 heteroatoms. The van der Waals surface area contributed by atoms with Crippen LogP contribution in [0.5, 0.6) is 0 Å². The maximum atomic E-state index is 11.6. The number of aryl methyl sites for hydroxylation is 1. The number of benzene rings is 2. The van der Waals surface area contributed by atoms with E-state index in [2.05, 4.69) is 36.6 Å². The molecule has 2 N–H and O–H groups in total. The molecular weight excluding hydrogens is 352 g/mol. The van der Waals surface area contributed by atoms with E-state index >= 15 is 0 Å². The summed E-state index contributed by atoms with van der Waals surface area (Å²) < 4.78 is 23.1. The van der Waals surface area contributed by atoms with Crippen molar-refractivity contribution in [2.24, 2.45) is 0 Å². The monoisotopic (exact) mass is 376 g/mol. The lowest BCUT2D eigenvalue weighted by Gasteiger charge is -2.20. The summed E-state index contributed by atoms with van der Waals surface area (Å²) in [4.78, 5) is 0.322. The molecule has 1 atom stereocenters. The van der Waals surface area contributed by atoms with E-state index in [1.165, 1.54) is 11.8 Å². The maximum absolute atomic E-state index is 11.6. The van der Waals surface area contributed by atoms with Gasteiger partial charge in [-0.1, -0.05) is 38.1 Å². The molecule has 25 heavy (non-hydrogen) atoms. The minimum absolute atomic E-state index is 0.0172. The summed E-state index contributed by atoms with van der Waals surface area (Å²) in [7, 11) is -3.18. The lowest BCUT2D eigenvalue weighted by Crippen LogP contribution is -2.32. The molecule has 0 heterocycles. The fourth-order valence-electron chi connectivity index (χ4n) is 2.52. The molecular formula is C19H24N2O2S2.